The third-order valence-electron chi connectivity index (χ3n) is 8.77. The van der Waals surface area contributed by atoms with Gasteiger partial charge in [0.05, 0.1) is 56.6 Å². The first-order chi connectivity index (χ1) is 22.2. The number of amides is 1. The van der Waals surface area contributed by atoms with Gasteiger partial charge in [-0.1, -0.05) is 17.7 Å². The number of carbonyl (C=O) groups excluding carboxylic acids is 2. The minimum Gasteiger partial charge on any atom is -0.496 e. The number of cyclic esters (lactones) is 1. The van der Waals surface area contributed by atoms with Crippen LogP contribution in [0.5, 0.6) is 5.75 Å². The Morgan fingerprint density at radius 1 is 1.11 bits per heavy atom. The number of nitrogens with zero attached hydrogens (tertiary/aromatic N) is 4. The average Bonchev–Trinajstić information content (AvgIpc) is 3.76. The number of hydrogen-bond donors (Lipinski definition) is 0. The lowest BCUT2D eigenvalue weighted by Gasteiger charge is -2.38. The van der Waals surface area contributed by atoms with Crippen LogP contribution in [-0.2, 0) is 27.0 Å². The molecule has 3 aliphatic rings. The van der Waals surface area contributed by atoms with Gasteiger partial charge in [0.25, 0.3) is 5.92 Å². The highest BCUT2D eigenvalue weighted by Gasteiger charge is 2.47. The summed E-state index contributed by atoms with van der Waals surface area (Å²) in [5.41, 5.74) is 1.86. The molecule has 1 saturated carbocycles. The monoisotopic (exact) mass is 660 g/mol. The Bertz CT molecular complexity index is 1710. The van der Waals surface area contributed by atoms with E-state index in [0.29, 0.717) is 34.6 Å². The number of alkyl halides is 5. The fourth-order valence-electron chi connectivity index (χ4n) is 6.26. The van der Waals surface area contributed by atoms with Crippen molar-refractivity contribution in [1.29, 1.82) is 0 Å². The van der Waals surface area contributed by atoms with Crippen LogP contribution in [0.3, 0.4) is 0 Å². The Morgan fingerprint density at radius 3 is 2.51 bits per heavy atom. The summed E-state index contributed by atoms with van der Waals surface area (Å²) in [6.45, 7) is 3.91. The van der Waals surface area contributed by atoms with Gasteiger partial charge in [-0.2, -0.15) is 13.2 Å². The van der Waals surface area contributed by atoms with Crippen LogP contribution in [0, 0.1) is 12.8 Å². The molecule has 9 nitrogen and oxygen atoms in total. The number of benzene rings is 2. The first kappa shape index (κ1) is 32.5. The number of hydrogen-bond acceptors (Lipinski definition) is 8. The lowest BCUT2D eigenvalue weighted by molar-refractivity contribution is -0.144. The number of aryl methyl sites for hydroxylation is 1. The average molecular weight is 661 g/mol. The van der Waals surface area contributed by atoms with E-state index < -0.39 is 49.0 Å². The molecule has 2 saturated heterocycles. The van der Waals surface area contributed by atoms with Gasteiger partial charge in [0, 0.05) is 17.3 Å². The number of esters is 1. The largest absolute Gasteiger partial charge is 0.496 e. The molecule has 3 heterocycles. The van der Waals surface area contributed by atoms with Crippen molar-refractivity contribution in [3.8, 4) is 16.9 Å². The van der Waals surface area contributed by atoms with Gasteiger partial charge in [-0.25, -0.2) is 23.5 Å². The summed E-state index contributed by atoms with van der Waals surface area (Å²) >= 11 is 0. The van der Waals surface area contributed by atoms with Gasteiger partial charge < -0.3 is 19.1 Å². The van der Waals surface area contributed by atoms with Crippen molar-refractivity contribution in [2.75, 3.05) is 31.7 Å². The molecule has 0 spiro atoms. The molecule has 0 N–H and O–H groups in total. The minimum absolute atomic E-state index is 0.0413. The first-order valence-electron chi connectivity index (χ1n) is 15.2. The molecule has 0 bridgehead atoms. The third kappa shape index (κ3) is 6.41. The van der Waals surface area contributed by atoms with Gasteiger partial charge in [-0.15, -0.1) is 0 Å². The number of aromatic nitrogens is 2. The predicted molar refractivity (Wildman–Crippen MR) is 159 cm³/mol. The topological polar surface area (TPSA) is 94.1 Å². The zero-order chi connectivity index (χ0) is 33.8. The lowest BCUT2D eigenvalue weighted by Crippen LogP contribution is -2.57. The van der Waals surface area contributed by atoms with Crippen molar-refractivity contribution < 1.29 is 45.8 Å². The van der Waals surface area contributed by atoms with Crippen LogP contribution in [-0.4, -0.2) is 65.7 Å². The quantitative estimate of drug-likeness (QED) is 0.185. The molecule has 2 aliphatic heterocycles. The van der Waals surface area contributed by atoms with Gasteiger partial charge in [0.1, 0.15) is 11.9 Å². The van der Waals surface area contributed by atoms with Crippen LogP contribution >= 0.6 is 0 Å². The summed E-state index contributed by atoms with van der Waals surface area (Å²) in [6, 6.07) is 8.28. The van der Waals surface area contributed by atoms with E-state index >= 15 is 0 Å². The van der Waals surface area contributed by atoms with Crippen LogP contribution in [0.1, 0.15) is 60.2 Å². The highest BCUT2D eigenvalue weighted by Crippen LogP contribution is 2.50. The molecule has 1 unspecified atom stereocenters. The van der Waals surface area contributed by atoms with Gasteiger partial charge in [-0.05, 0) is 68.5 Å². The zero-order valence-corrected chi connectivity index (χ0v) is 26.1. The van der Waals surface area contributed by atoms with Gasteiger partial charge in [0.2, 0.25) is 5.95 Å². The molecule has 14 heteroatoms. The second kappa shape index (κ2) is 11.9. The van der Waals surface area contributed by atoms with Crippen molar-refractivity contribution in [3.05, 3.63) is 70.5 Å². The van der Waals surface area contributed by atoms with Crippen molar-refractivity contribution in [2.24, 2.45) is 5.92 Å². The van der Waals surface area contributed by atoms with E-state index in [1.807, 2.05) is 12.1 Å². The Morgan fingerprint density at radius 2 is 1.85 bits per heavy atom. The zero-order valence-electron chi connectivity index (χ0n) is 26.1. The van der Waals surface area contributed by atoms with Crippen molar-refractivity contribution in [3.63, 3.8) is 0 Å². The molecule has 250 valence electrons. The Hall–Kier alpha value is -4.49. The summed E-state index contributed by atoms with van der Waals surface area (Å²) < 4.78 is 84.7. The Balaban J connectivity index is 1.35. The highest BCUT2D eigenvalue weighted by molar-refractivity contribution is 5.79. The molecule has 0 radical (unpaired) electrons. The summed E-state index contributed by atoms with van der Waals surface area (Å²) in [7, 11) is 1.48. The predicted octanol–water partition coefficient (Wildman–Crippen LogP) is 6.68. The Kier molecular flexibility index (Phi) is 8.25. The number of halogens is 5. The number of ether oxygens (including phenoxy) is 3. The third-order valence-corrected chi connectivity index (χ3v) is 8.77. The summed E-state index contributed by atoms with van der Waals surface area (Å²) in [5, 5.41) is 0. The maximum absolute atomic E-state index is 13.8. The van der Waals surface area contributed by atoms with Crippen LogP contribution in [0.25, 0.3) is 11.1 Å². The second-order valence-electron chi connectivity index (χ2n) is 12.2. The van der Waals surface area contributed by atoms with Crippen molar-refractivity contribution in [1.82, 2.24) is 14.9 Å². The van der Waals surface area contributed by atoms with Crippen molar-refractivity contribution >= 4 is 18.0 Å². The number of rotatable bonds is 9. The van der Waals surface area contributed by atoms with E-state index in [1.54, 1.807) is 26.0 Å². The van der Waals surface area contributed by atoms with Gasteiger partial charge in [0.15, 0.2) is 0 Å². The SMILES string of the molecule is CCOC(=O)[C@H]1CC1c1ccc(OC)c(-c2cnc(N3CC(F)(F)C3)nc2CN2C(=O)O[C@H](c3cc(C)cc(C(F)(F)F)c3)[C@@H]2C)c1. The molecule has 1 aliphatic carbocycles. The first-order valence-corrected chi connectivity index (χ1v) is 15.2. The molecule has 1 amide bonds. The molecule has 1 aromatic heterocycles. The van der Waals surface area contributed by atoms with E-state index in [1.165, 1.54) is 30.0 Å². The molecule has 6 rings (SSSR count). The van der Waals surface area contributed by atoms with Crippen LogP contribution < -0.4 is 9.64 Å². The fourth-order valence-corrected chi connectivity index (χ4v) is 6.26. The molecule has 3 aromatic rings. The summed E-state index contributed by atoms with van der Waals surface area (Å²) in [5.74, 6) is -3.02. The maximum atomic E-state index is 13.8. The molecular weight excluding hydrogens is 627 g/mol. The fraction of sp³-hybridized carbons (Fsp3) is 0.455. The molecule has 47 heavy (non-hydrogen) atoms. The smallest absolute Gasteiger partial charge is 0.416 e. The van der Waals surface area contributed by atoms with E-state index in [4.69, 9.17) is 14.2 Å². The Labute approximate surface area is 267 Å². The summed E-state index contributed by atoms with van der Waals surface area (Å²) in [4.78, 5) is 37.2. The van der Waals surface area contributed by atoms with E-state index in [2.05, 4.69) is 9.97 Å². The van der Waals surface area contributed by atoms with Crippen LogP contribution in [0.4, 0.5) is 32.7 Å². The molecule has 4 atom stereocenters. The number of methoxy groups -OCH3 is 1. The lowest BCUT2D eigenvalue weighted by atomic mass is 9.97. The number of carbonyl (C=O) groups is 2. The van der Waals surface area contributed by atoms with Crippen LogP contribution in [0.2, 0.25) is 0 Å². The van der Waals surface area contributed by atoms with Gasteiger partial charge in [-0.3, -0.25) is 9.69 Å². The molecule has 2 aromatic carbocycles. The standard InChI is InChI=1S/C33H33F5N4O5/c1-5-46-29(43)24-12-22(24)19-6-7-27(45-4)23(11-19)25-13-39-30(41-15-32(34,35)16-41)40-26(25)14-42-18(3)28(47-31(42)44)20-8-17(2)9-21(10-20)33(36,37)38/h6-11,13,18,22,24,28H,5,12,14-16H2,1-4H3/t18-,22?,24-,28-/m0/s1. The van der Waals surface area contributed by atoms with Gasteiger partial charge >= 0.3 is 18.2 Å². The van der Waals surface area contributed by atoms with Crippen molar-refractivity contribution in [2.45, 2.75) is 63.9 Å². The highest BCUT2D eigenvalue weighted by atomic mass is 19.4. The number of anilines is 1. The van der Waals surface area contributed by atoms with Crippen LogP contribution in [0.15, 0.2) is 42.6 Å². The van der Waals surface area contributed by atoms with E-state index in [9.17, 15) is 31.5 Å². The summed E-state index contributed by atoms with van der Waals surface area (Å²) in [6.07, 6.45) is -4.27. The molecule has 3 fully saturated rings. The maximum Gasteiger partial charge on any atom is 0.416 e. The van der Waals surface area contributed by atoms with E-state index in [0.717, 1.165) is 17.7 Å². The second-order valence-corrected chi connectivity index (χ2v) is 12.2. The minimum atomic E-state index is -4.59. The molecular formula is C33H33F5N4O5. The van der Waals surface area contributed by atoms with E-state index in [-0.39, 0.29) is 42.5 Å². The normalized spacial score (nSPS) is 23.3.